The van der Waals surface area contributed by atoms with E-state index in [1.54, 1.807) is 0 Å². The summed E-state index contributed by atoms with van der Waals surface area (Å²) in [6, 6.07) is -1.63. The van der Waals surface area contributed by atoms with Crippen LogP contribution in [0.1, 0.15) is 0 Å². The molecule has 0 aromatic carbocycles. The molecule has 0 aliphatic carbocycles. The number of aliphatic carboxylic acids is 2. The van der Waals surface area contributed by atoms with Gasteiger partial charge in [-0.1, -0.05) is 0 Å². The zero-order chi connectivity index (χ0) is 11.7. The molecule has 0 unspecified atom stereocenters. The summed E-state index contributed by atoms with van der Waals surface area (Å²) in [6.07, 6.45) is 0. The molecule has 0 saturated carbocycles. The van der Waals surface area contributed by atoms with Crippen molar-refractivity contribution in [3.8, 4) is 0 Å². The number of carbonyl (C=O) groups is 2. The molecule has 0 radical (unpaired) electrons. The van der Waals surface area contributed by atoms with Gasteiger partial charge in [0.15, 0.2) is 0 Å². The van der Waals surface area contributed by atoms with Gasteiger partial charge in [0.05, 0.1) is 0 Å². The van der Waals surface area contributed by atoms with Crippen LogP contribution in [-0.4, -0.2) is 45.7 Å². The second kappa shape index (κ2) is 12.3. The Morgan fingerprint density at radius 1 is 1.00 bits per heavy atom. The molecule has 6 N–H and O–H groups in total. The third kappa shape index (κ3) is 14.2. The molecular formula is C6H14N2O4PtS2. The molecule has 0 heterocycles. The van der Waals surface area contributed by atoms with Crippen LogP contribution in [0.2, 0.25) is 0 Å². The smallest absolute Gasteiger partial charge is 0.321 e. The predicted octanol–water partition coefficient (Wildman–Crippen LogP) is -1.35. The third-order valence-corrected chi connectivity index (χ3v) is 1.81. The van der Waals surface area contributed by atoms with Crippen LogP contribution in [0.4, 0.5) is 0 Å². The number of hydrogen-bond donors (Lipinski definition) is 6. The van der Waals surface area contributed by atoms with Crippen LogP contribution in [0.25, 0.3) is 0 Å². The first-order chi connectivity index (χ1) is 6.36. The van der Waals surface area contributed by atoms with E-state index in [1.807, 2.05) is 0 Å². The Hall–Kier alpha value is 0.248. The Balaban J connectivity index is -0.000000180. The van der Waals surface area contributed by atoms with Gasteiger partial charge in [-0.2, -0.15) is 25.3 Å². The minimum absolute atomic E-state index is 0. The minimum Gasteiger partial charge on any atom is -0.480 e. The van der Waals surface area contributed by atoms with E-state index in [1.165, 1.54) is 0 Å². The summed E-state index contributed by atoms with van der Waals surface area (Å²) in [7, 11) is 0. The molecule has 0 aliphatic rings. The van der Waals surface area contributed by atoms with Gasteiger partial charge in [-0.05, 0) is 0 Å². The molecule has 0 fully saturated rings. The van der Waals surface area contributed by atoms with Crippen molar-refractivity contribution in [2.24, 2.45) is 11.5 Å². The predicted molar refractivity (Wildman–Crippen MR) is 58.9 cm³/mol. The molecule has 0 aromatic rings. The number of carboxylic acids is 2. The Bertz CT molecular complexity index is 176. The molecule has 0 aromatic heterocycles. The van der Waals surface area contributed by atoms with Gasteiger partial charge in [-0.15, -0.1) is 0 Å². The molecule has 9 heteroatoms. The fourth-order valence-electron chi connectivity index (χ4n) is 0.156. The van der Waals surface area contributed by atoms with E-state index in [-0.39, 0.29) is 32.6 Å². The number of nitrogens with two attached hydrogens (primary N) is 2. The normalized spacial score (nSPS) is 12.5. The zero-order valence-corrected chi connectivity index (χ0v) is 11.7. The SMILES string of the molecule is N[C@@H](CS)C(=O)O.N[C@@H](CS)C(=O)O.[Pt]. The summed E-state index contributed by atoms with van der Waals surface area (Å²) in [4.78, 5) is 19.5. The Labute approximate surface area is 113 Å². The van der Waals surface area contributed by atoms with Crippen molar-refractivity contribution in [2.45, 2.75) is 12.1 Å². The summed E-state index contributed by atoms with van der Waals surface area (Å²) in [6.45, 7) is 0. The van der Waals surface area contributed by atoms with Gasteiger partial charge in [0.1, 0.15) is 12.1 Å². The maximum Gasteiger partial charge on any atom is 0.321 e. The Kier molecular flexibility index (Phi) is 16.9. The van der Waals surface area contributed by atoms with Crippen LogP contribution in [0.15, 0.2) is 0 Å². The number of carboxylic acid groups (broad SMARTS) is 2. The molecule has 0 saturated heterocycles. The minimum atomic E-state index is -1.00. The van der Waals surface area contributed by atoms with Crippen LogP contribution in [0.5, 0.6) is 0 Å². The van der Waals surface area contributed by atoms with Crippen molar-refractivity contribution in [3.05, 3.63) is 0 Å². The average Bonchev–Trinajstić information content (AvgIpc) is 2.15. The second-order valence-electron chi connectivity index (χ2n) is 2.25. The quantitative estimate of drug-likeness (QED) is 0.302. The van der Waals surface area contributed by atoms with Crippen molar-refractivity contribution >= 4 is 37.2 Å². The first-order valence-electron chi connectivity index (χ1n) is 3.55. The monoisotopic (exact) mass is 437 g/mol. The molecule has 6 nitrogen and oxygen atoms in total. The van der Waals surface area contributed by atoms with Gasteiger partial charge in [-0.25, -0.2) is 0 Å². The fourth-order valence-corrected chi connectivity index (χ4v) is 0.469. The van der Waals surface area contributed by atoms with Crippen molar-refractivity contribution < 1.29 is 40.9 Å². The third-order valence-electron chi connectivity index (χ3n) is 1.03. The summed E-state index contributed by atoms with van der Waals surface area (Å²) < 4.78 is 0. The zero-order valence-electron chi connectivity index (χ0n) is 7.65. The molecule has 0 rings (SSSR count). The standard InChI is InChI=1S/2C3H7NO2S.Pt/c2*4-2(1-7)3(5)6;/h2*2,7H,1,4H2,(H,5,6);/t2*2-;/m00./s1. The van der Waals surface area contributed by atoms with Crippen molar-refractivity contribution in [3.63, 3.8) is 0 Å². The molecule has 0 spiro atoms. The van der Waals surface area contributed by atoms with Crippen molar-refractivity contribution in [1.82, 2.24) is 0 Å². The molecule has 2 atom stereocenters. The molecule has 0 aliphatic heterocycles. The second-order valence-corrected chi connectivity index (χ2v) is 2.98. The van der Waals surface area contributed by atoms with Gasteiger partial charge < -0.3 is 21.7 Å². The largest absolute Gasteiger partial charge is 0.480 e. The van der Waals surface area contributed by atoms with Gasteiger partial charge in [-0.3, -0.25) is 9.59 Å². The summed E-state index contributed by atoms with van der Waals surface area (Å²) in [5, 5.41) is 16.0. The van der Waals surface area contributed by atoms with E-state index in [9.17, 15) is 9.59 Å². The Morgan fingerprint density at radius 2 is 1.20 bits per heavy atom. The van der Waals surface area contributed by atoms with E-state index in [2.05, 4.69) is 25.3 Å². The maximum absolute atomic E-state index is 9.76. The Morgan fingerprint density at radius 3 is 1.20 bits per heavy atom. The molecular weight excluding hydrogens is 423 g/mol. The van der Waals surface area contributed by atoms with Crippen molar-refractivity contribution in [2.75, 3.05) is 11.5 Å². The van der Waals surface area contributed by atoms with E-state index in [4.69, 9.17) is 21.7 Å². The van der Waals surface area contributed by atoms with Crippen LogP contribution < -0.4 is 11.5 Å². The molecule has 0 amide bonds. The van der Waals surface area contributed by atoms with Crippen LogP contribution in [-0.2, 0) is 30.7 Å². The van der Waals surface area contributed by atoms with E-state index in [0.29, 0.717) is 0 Å². The number of thiol groups is 2. The van der Waals surface area contributed by atoms with Gasteiger partial charge >= 0.3 is 11.9 Å². The molecule has 0 bridgehead atoms. The van der Waals surface area contributed by atoms with E-state index < -0.39 is 24.0 Å². The van der Waals surface area contributed by atoms with Crippen molar-refractivity contribution in [1.29, 1.82) is 0 Å². The van der Waals surface area contributed by atoms with Gasteiger partial charge in [0.25, 0.3) is 0 Å². The maximum atomic E-state index is 9.76. The number of rotatable bonds is 4. The van der Waals surface area contributed by atoms with Crippen LogP contribution in [0.3, 0.4) is 0 Å². The summed E-state index contributed by atoms with van der Waals surface area (Å²) >= 11 is 7.30. The topological polar surface area (TPSA) is 127 Å². The van der Waals surface area contributed by atoms with E-state index >= 15 is 0 Å². The van der Waals surface area contributed by atoms with Crippen LogP contribution >= 0.6 is 25.3 Å². The van der Waals surface area contributed by atoms with Gasteiger partial charge in [0, 0.05) is 32.6 Å². The van der Waals surface area contributed by atoms with E-state index in [0.717, 1.165) is 0 Å². The number of hydrogen-bond acceptors (Lipinski definition) is 6. The van der Waals surface area contributed by atoms with Gasteiger partial charge in [0.2, 0.25) is 0 Å². The van der Waals surface area contributed by atoms with Crippen LogP contribution in [0, 0.1) is 0 Å². The molecule has 94 valence electrons. The fraction of sp³-hybridized carbons (Fsp3) is 0.667. The summed E-state index contributed by atoms with van der Waals surface area (Å²) in [5.41, 5.74) is 9.88. The summed E-state index contributed by atoms with van der Waals surface area (Å²) in [5.74, 6) is -1.63. The molecule has 15 heavy (non-hydrogen) atoms. The first-order valence-corrected chi connectivity index (χ1v) is 4.81. The first kappa shape index (κ1) is 20.6. The average molecular weight is 437 g/mol.